The maximum Gasteiger partial charge on any atom is 0.273 e. The van der Waals surface area contributed by atoms with E-state index in [9.17, 15) is 4.79 Å². The van der Waals surface area contributed by atoms with Crippen LogP contribution in [0.2, 0.25) is 15.1 Å². The summed E-state index contributed by atoms with van der Waals surface area (Å²) in [6.07, 6.45) is 1.48. The SMILES string of the molecule is O=C(Nc1cc(Cl)c(Cl)cc1Cl)c1ccn[nH]1. The van der Waals surface area contributed by atoms with Gasteiger partial charge in [-0.15, -0.1) is 0 Å². The Kier molecular flexibility index (Phi) is 3.57. The summed E-state index contributed by atoms with van der Waals surface area (Å²) in [5.74, 6) is -0.359. The molecule has 2 N–H and O–H groups in total. The molecule has 0 atom stereocenters. The fraction of sp³-hybridized carbons (Fsp3) is 0. The average Bonchev–Trinajstić information content (AvgIpc) is 2.79. The van der Waals surface area contributed by atoms with E-state index in [0.717, 1.165) is 0 Å². The van der Waals surface area contributed by atoms with Crippen molar-refractivity contribution in [2.24, 2.45) is 0 Å². The molecule has 1 aromatic heterocycles. The molecule has 1 aromatic carbocycles. The predicted octanol–water partition coefficient (Wildman–Crippen LogP) is 3.62. The highest BCUT2D eigenvalue weighted by Crippen LogP contribution is 2.32. The molecule has 88 valence electrons. The highest BCUT2D eigenvalue weighted by Gasteiger charge is 2.11. The average molecular weight is 291 g/mol. The van der Waals surface area contributed by atoms with Gasteiger partial charge < -0.3 is 5.32 Å². The van der Waals surface area contributed by atoms with Gasteiger partial charge in [0.25, 0.3) is 5.91 Å². The van der Waals surface area contributed by atoms with Crippen molar-refractivity contribution >= 4 is 46.4 Å². The molecule has 1 amide bonds. The first kappa shape index (κ1) is 12.2. The largest absolute Gasteiger partial charge is 0.319 e. The summed E-state index contributed by atoms with van der Waals surface area (Å²) in [7, 11) is 0. The van der Waals surface area contributed by atoms with Gasteiger partial charge in [0.2, 0.25) is 0 Å². The third-order valence-electron chi connectivity index (χ3n) is 2.00. The van der Waals surface area contributed by atoms with E-state index < -0.39 is 0 Å². The lowest BCUT2D eigenvalue weighted by Crippen LogP contribution is -2.12. The lowest BCUT2D eigenvalue weighted by atomic mass is 10.3. The summed E-state index contributed by atoms with van der Waals surface area (Å²) < 4.78 is 0. The molecule has 17 heavy (non-hydrogen) atoms. The van der Waals surface area contributed by atoms with Gasteiger partial charge in [-0.05, 0) is 18.2 Å². The van der Waals surface area contributed by atoms with Crippen molar-refractivity contribution in [1.82, 2.24) is 10.2 Å². The normalized spacial score (nSPS) is 10.3. The lowest BCUT2D eigenvalue weighted by molar-refractivity contribution is 0.102. The van der Waals surface area contributed by atoms with E-state index in [-0.39, 0.29) is 5.91 Å². The highest BCUT2D eigenvalue weighted by atomic mass is 35.5. The van der Waals surface area contributed by atoms with Crippen LogP contribution in [0.4, 0.5) is 5.69 Å². The third kappa shape index (κ3) is 2.72. The lowest BCUT2D eigenvalue weighted by Gasteiger charge is -2.07. The number of benzene rings is 1. The molecule has 0 saturated carbocycles. The first-order valence-electron chi connectivity index (χ1n) is 4.53. The number of H-pyrrole nitrogens is 1. The molecule has 7 heteroatoms. The van der Waals surface area contributed by atoms with Crippen LogP contribution in [0.5, 0.6) is 0 Å². The minimum Gasteiger partial charge on any atom is -0.319 e. The second kappa shape index (κ2) is 4.96. The molecule has 2 rings (SSSR count). The van der Waals surface area contributed by atoms with Crippen molar-refractivity contribution in [3.63, 3.8) is 0 Å². The Hall–Kier alpha value is -1.23. The molecule has 0 bridgehead atoms. The number of nitrogens with one attached hydrogen (secondary N) is 2. The molecule has 0 saturated heterocycles. The van der Waals surface area contributed by atoms with Gasteiger partial charge in [-0.2, -0.15) is 5.10 Å². The Morgan fingerprint density at radius 3 is 2.53 bits per heavy atom. The topological polar surface area (TPSA) is 57.8 Å². The number of aromatic amines is 1. The van der Waals surface area contributed by atoms with E-state index in [2.05, 4.69) is 15.5 Å². The second-order valence-electron chi connectivity index (χ2n) is 3.17. The van der Waals surface area contributed by atoms with E-state index >= 15 is 0 Å². The van der Waals surface area contributed by atoms with Crippen LogP contribution >= 0.6 is 34.8 Å². The van der Waals surface area contributed by atoms with Crippen molar-refractivity contribution < 1.29 is 4.79 Å². The van der Waals surface area contributed by atoms with E-state index in [1.165, 1.54) is 18.3 Å². The number of halogens is 3. The molecule has 0 fully saturated rings. The summed E-state index contributed by atoms with van der Waals surface area (Å²) >= 11 is 17.5. The fourth-order valence-electron chi connectivity index (χ4n) is 1.19. The quantitative estimate of drug-likeness (QED) is 0.830. The first-order valence-corrected chi connectivity index (χ1v) is 5.66. The molecule has 0 aliphatic rings. The summed E-state index contributed by atoms with van der Waals surface area (Å²) in [6, 6.07) is 4.50. The minimum absolute atomic E-state index is 0.312. The van der Waals surface area contributed by atoms with E-state index in [0.29, 0.717) is 26.4 Å². The van der Waals surface area contributed by atoms with Crippen molar-refractivity contribution in [3.8, 4) is 0 Å². The number of rotatable bonds is 2. The van der Waals surface area contributed by atoms with E-state index in [1.807, 2.05) is 0 Å². The van der Waals surface area contributed by atoms with Gasteiger partial charge >= 0.3 is 0 Å². The van der Waals surface area contributed by atoms with Crippen molar-refractivity contribution in [2.75, 3.05) is 5.32 Å². The number of anilines is 1. The number of nitrogens with zero attached hydrogens (tertiary/aromatic N) is 1. The zero-order valence-corrected chi connectivity index (χ0v) is 10.6. The van der Waals surface area contributed by atoms with Gasteiger partial charge in [-0.3, -0.25) is 9.89 Å². The molecule has 0 aliphatic carbocycles. The number of carbonyl (C=O) groups is 1. The molecule has 0 radical (unpaired) electrons. The van der Waals surface area contributed by atoms with Gasteiger partial charge in [0, 0.05) is 6.20 Å². The standard InChI is InChI=1S/C10H6Cl3N3O/c11-5-3-7(13)9(4-6(5)12)15-10(17)8-1-2-14-16-8/h1-4H,(H,14,16)(H,15,17). The monoisotopic (exact) mass is 289 g/mol. The smallest absolute Gasteiger partial charge is 0.273 e. The van der Waals surface area contributed by atoms with Crippen LogP contribution in [-0.2, 0) is 0 Å². The second-order valence-corrected chi connectivity index (χ2v) is 4.39. The Morgan fingerprint density at radius 2 is 1.88 bits per heavy atom. The van der Waals surface area contributed by atoms with Gasteiger partial charge in [0.05, 0.1) is 20.8 Å². The Bertz CT molecular complexity index is 554. The van der Waals surface area contributed by atoms with Crippen molar-refractivity contribution in [3.05, 3.63) is 45.2 Å². The number of amides is 1. The van der Waals surface area contributed by atoms with Crippen LogP contribution < -0.4 is 5.32 Å². The minimum atomic E-state index is -0.359. The molecule has 0 spiro atoms. The number of hydrogen-bond donors (Lipinski definition) is 2. The predicted molar refractivity (Wildman–Crippen MR) is 68.0 cm³/mol. The summed E-state index contributed by atoms with van der Waals surface area (Å²) in [5.41, 5.74) is 0.716. The number of hydrogen-bond acceptors (Lipinski definition) is 2. The van der Waals surface area contributed by atoms with E-state index in [1.54, 1.807) is 6.07 Å². The Balaban J connectivity index is 2.25. The molecule has 4 nitrogen and oxygen atoms in total. The van der Waals surface area contributed by atoms with Crippen LogP contribution in [0, 0.1) is 0 Å². The van der Waals surface area contributed by atoms with Gasteiger partial charge in [-0.25, -0.2) is 0 Å². The van der Waals surface area contributed by atoms with Gasteiger partial charge in [0.1, 0.15) is 5.69 Å². The van der Waals surface area contributed by atoms with Crippen molar-refractivity contribution in [1.29, 1.82) is 0 Å². The first-order chi connectivity index (χ1) is 8.08. The molecule has 0 unspecified atom stereocenters. The molecular weight excluding hydrogens is 284 g/mol. The van der Waals surface area contributed by atoms with Crippen LogP contribution in [0.3, 0.4) is 0 Å². The molecule has 1 heterocycles. The van der Waals surface area contributed by atoms with Gasteiger partial charge in [0.15, 0.2) is 0 Å². The molecule has 2 aromatic rings. The number of carbonyl (C=O) groups excluding carboxylic acids is 1. The fourth-order valence-corrected chi connectivity index (χ4v) is 1.78. The summed E-state index contributed by atoms with van der Waals surface area (Å²) in [4.78, 5) is 11.7. The summed E-state index contributed by atoms with van der Waals surface area (Å²) in [6.45, 7) is 0. The third-order valence-corrected chi connectivity index (χ3v) is 3.04. The van der Waals surface area contributed by atoms with Crippen LogP contribution in [0.25, 0.3) is 0 Å². The maximum absolute atomic E-state index is 11.7. The summed E-state index contributed by atoms with van der Waals surface area (Å²) in [5, 5.41) is 9.76. The molecule has 0 aliphatic heterocycles. The Labute approximate surface area is 112 Å². The van der Waals surface area contributed by atoms with Crippen LogP contribution in [0.15, 0.2) is 24.4 Å². The zero-order chi connectivity index (χ0) is 12.4. The maximum atomic E-state index is 11.7. The van der Waals surface area contributed by atoms with Crippen LogP contribution in [0.1, 0.15) is 10.5 Å². The van der Waals surface area contributed by atoms with E-state index in [4.69, 9.17) is 34.8 Å². The van der Waals surface area contributed by atoms with Gasteiger partial charge in [-0.1, -0.05) is 34.8 Å². The molecular formula is C10H6Cl3N3O. The highest BCUT2D eigenvalue weighted by molar-refractivity contribution is 6.44. The Morgan fingerprint density at radius 1 is 1.18 bits per heavy atom. The zero-order valence-electron chi connectivity index (χ0n) is 8.30. The number of aromatic nitrogens is 2. The van der Waals surface area contributed by atoms with Crippen LogP contribution in [-0.4, -0.2) is 16.1 Å². The van der Waals surface area contributed by atoms with Crippen molar-refractivity contribution in [2.45, 2.75) is 0 Å².